The lowest BCUT2D eigenvalue weighted by Crippen LogP contribution is -2.58. The monoisotopic (exact) mass is 875 g/mol. The van der Waals surface area contributed by atoms with Crippen LogP contribution in [0.25, 0.3) is 0 Å². The second-order valence-corrected chi connectivity index (χ2v) is 17.4. The van der Waals surface area contributed by atoms with Crippen molar-refractivity contribution < 1.29 is 9.59 Å². The van der Waals surface area contributed by atoms with E-state index in [0.29, 0.717) is 32.7 Å². The number of aromatic nitrogens is 4. The van der Waals surface area contributed by atoms with Gasteiger partial charge in [-0.05, 0) is 59.1 Å². The Morgan fingerprint density at radius 1 is 0.677 bits per heavy atom. The van der Waals surface area contributed by atoms with Crippen LogP contribution in [0.1, 0.15) is 65.0 Å². The molecule has 6 aromatic rings. The Hall–Kier alpha value is -5.92. The van der Waals surface area contributed by atoms with Crippen LogP contribution >= 0.6 is 0 Å². The molecule has 2 atom stereocenters. The van der Waals surface area contributed by atoms with Gasteiger partial charge in [0.25, 0.3) is 0 Å². The van der Waals surface area contributed by atoms with Gasteiger partial charge in [0.15, 0.2) is 0 Å². The summed E-state index contributed by atoms with van der Waals surface area (Å²) in [5.74, 6) is 1.47. The van der Waals surface area contributed by atoms with Gasteiger partial charge in [0.05, 0.1) is 24.5 Å². The molecule has 4 aromatic carbocycles. The number of hydrogen-bond donors (Lipinski definition) is 3. The number of imidazole rings is 2. The molecule has 2 saturated heterocycles. The van der Waals surface area contributed by atoms with E-state index in [0.717, 1.165) is 89.3 Å². The summed E-state index contributed by atoms with van der Waals surface area (Å²) >= 11 is 0. The van der Waals surface area contributed by atoms with E-state index in [1.54, 1.807) is 6.20 Å². The van der Waals surface area contributed by atoms with Gasteiger partial charge in [0, 0.05) is 110 Å². The van der Waals surface area contributed by atoms with E-state index < -0.39 is 0 Å². The fourth-order valence-electron chi connectivity index (χ4n) is 9.62. The van der Waals surface area contributed by atoms with Crippen LogP contribution in [0.15, 0.2) is 140 Å². The third-order valence-corrected chi connectivity index (χ3v) is 13.0. The fraction of sp³-hybridized carbons (Fsp3) is 0.396. The van der Waals surface area contributed by atoms with Crippen LogP contribution in [-0.4, -0.2) is 110 Å². The van der Waals surface area contributed by atoms with E-state index in [9.17, 15) is 9.59 Å². The molecule has 0 radical (unpaired) electrons. The lowest BCUT2D eigenvalue weighted by Gasteiger charge is -2.40. The molecule has 4 heterocycles. The lowest BCUT2D eigenvalue weighted by atomic mass is 9.92. The van der Waals surface area contributed by atoms with Crippen LogP contribution < -0.4 is 16.0 Å². The number of aryl methyl sites for hydroxylation is 5. The van der Waals surface area contributed by atoms with Gasteiger partial charge in [-0.15, -0.1) is 0 Å². The van der Waals surface area contributed by atoms with Crippen molar-refractivity contribution in [2.45, 2.75) is 83.3 Å². The van der Waals surface area contributed by atoms with Crippen molar-refractivity contribution in [1.82, 2.24) is 49.8 Å². The first-order valence-corrected chi connectivity index (χ1v) is 23.7. The average Bonchev–Trinajstić information content (AvgIpc) is 4.03. The minimum atomic E-state index is -0.238. The van der Waals surface area contributed by atoms with Crippen molar-refractivity contribution in [3.63, 3.8) is 0 Å². The highest BCUT2D eigenvalue weighted by molar-refractivity contribution is 5.83. The molecule has 2 aliphatic heterocycles. The summed E-state index contributed by atoms with van der Waals surface area (Å²) in [4.78, 5) is 42.2. The van der Waals surface area contributed by atoms with Crippen molar-refractivity contribution >= 4 is 11.8 Å². The third-order valence-electron chi connectivity index (χ3n) is 13.0. The maximum Gasteiger partial charge on any atom is 0.241 e. The Kier molecular flexibility index (Phi) is 16.4. The number of hydrogen-bond acceptors (Lipinski definition) is 8. The Bertz CT molecular complexity index is 2310. The molecule has 2 amide bonds. The Morgan fingerprint density at radius 3 is 1.88 bits per heavy atom. The predicted molar refractivity (Wildman–Crippen MR) is 257 cm³/mol. The van der Waals surface area contributed by atoms with Crippen molar-refractivity contribution in [3.05, 3.63) is 180 Å². The van der Waals surface area contributed by atoms with Gasteiger partial charge >= 0.3 is 0 Å². The summed E-state index contributed by atoms with van der Waals surface area (Å²) in [5, 5.41) is 10.2. The highest BCUT2D eigenvalue weighted by Gasteiger charge is 2.35. The van der Waals surface area contributed by atoms with E-state index in [-0.39, 0.29) is 29.9 Å². The van der Waals surface area contributed by atoms with Gasteiger partial charge in [-0.3, -0.25) is 14.5 Å². The van der Waals surface area contributed by atoms with Gasteiger partial charge < -0.3 is 34.9 Å². The van der Waals surface area contributed by atoms with Crippen molar-refractivity contribution in [1.29, 1.82) is 0 Å². The standard InChI is InChI=1S/C33H37N5O.C20H29N5O/c39-33(38(23-26-9-2-1-3-10-26)20-8-19-36-21-17-34-25-36)31-24-37(22-18-35-31)32-29-13-6-4-11-27(29)15-16-28-12-5-7-14-30(28)32;1-2-19-23-11-14-24(19)12-6-13-25(16-17-7-4-3-5-8-17)20(26)18-15-21-9-10-22-18/h1-7,9-14,17,21,25,31-32,35H,8,15-16,18-20,22-24H2;3-5,7-8,11,14,18,21-22H,2,6,9-10,12-13,15-16H2,1H3/t31-;18-/m11/s1. The molecule has 12 heteroatoms. The molecule has 340 valence electrons. The Morgan fingerprint density at radius 2 is 1.28 bits per heavy atom. The molecule has 0 spiro atoms. The number of carbonyl (C=O) groups excluding carboxylic acids is 2. The molecular formula is C53H66N10O2. The van der Waals surface area contributed by atoms with Crippen LogP contribution in [0.5, 0.6) is 0 Å². The number of carbonyl (C=O) groups is 2. The van der Waals surface area contributed by atoms with Gasteiger partial charge in [-0.1, -0.05) is 116 Å². The summed E-state index contributed by atoms with van der Waals surface area (Å²) in [7, 11) is 0. The summed E-state index contributed by atoms with van der Waals surface area (Å²) in [6, 6.07) is 38.1. The number of nitrogens with one attached hydrogen (secondary N) is 3. The lowest BCUT2D eigenvalue weighted by molar-refractivity contribution is -0.136. The first-order chi connectivity index (χ1) is 32.0. The van der Waals surface area contributed by atoms with Crippen LogP contribution in [0, 0.1) is 0 Å². The normalized spacial score (nSPS) is 17.5. The molecule has 1 aliphatic carbocycles. The smallest absolute Gasteiger partial charge is 0.241 e. The molecule has 12 nitrogen and oxygen atoms in total. The van der Waals surface area contributed by atoms with Gasteiger partial charge in [0.1, 0.15) is 5.82 Å². The van der Waals surface area contributed by atoms with Crippen molar-refractivity contribution in [2.24, 2.45) is 0 Å². The summed E-state index contributed by atoms with van der Waals surface area (Å²) < 4.78 is 4.26. The first kappa shape index (κ1) is 45.6. The minimum Gasteiger partial charge on any atom is -0.337 e. The largest absolute Gasteiger partial charge is 0.337 e. The molecular weight excluding hydrogens is 809 g/mol. The molecule has 3 N–H and O–H groups in total. The number of benzene rings is 4. The molecule has 65 heavy (non-hydrogen) atoms. The van der Waals surface area contributed by atoms with Crippen molar-refractivity contribution in [2.75, 3.05) is 52.4 Å². The Labute approximate surface area is 385 Å². The van der Waals surface area contributed by atoms with Crippen LogP contribution in [0.4, 0.5) is 0 Å². The zero-order valence-electron chi connectivity index (χ0n) is 38.0. The molecule has 3 aliphatic rings. The first-order valence-electron chi connectivity index (χ1n) is 23.7. The van der Waals surface area contributed by atoms with Gasteiger partial charge in [0.2, 0.25) is 11.8 Å². The summed E-state index contributed by atoms with van der Waals surface area (Å²) in [6.45, 7) is 11.4. The second kappa shape index (κ2) is 23.3. The number of fused-ring (bicyclic) bond motifs is 2. The fourth-order valence-corrected chi connectivity index (χ4v) is 9.62. The van der Waals surface area contributed by atoms with E-state index >= 15 is 0 Å². The summed E-state index contributed by atoms with van der Waals surface area (Å²) in [5.41, 5.74) is 7.94. The number of nitrogens with zero attached hydrogens (tertiary/aromatic N) is 7. The van der Waals surface area contributed by atoms with Gasteiger partial charge in [-0.25, -0.2) is 9.97 Å². The molecule has 2 fully saturated rings. The van der Waals surface area contributed by atoms with Gasteiger partial charge in [-0.2, -0.15) is 0 Å². The summed E-state index contributed by atoms with van der Waals surface area (Å²) in [6.07, 6.45) is 14.3. The molecule has 9 rings (SSSR count). The average molecular weight is 875 g/mol. The quantitative estimate of drug-likeness (QED) is 0.110. The highest BCUT2D eigenvalue weighted by Crippen LogP contribution is 2.37. The number of rotatable bonds is 16. The zero-order valence-corrected chi connectivity index (χ0v) is 38.0. The zero-order chi connectivity index (χ0) is 44.6. The minimum absolute atomic E-state index is 0.132. The van der Waals surface area contributed by atoms with E-state index in [4.69, 9.17) is 0 Å². The Balaban J connectivity index is 0.000000193. The second-order valence-electron chi connectivity index (χ2n) is 17.4. The molecule has 0 bridgehead atoms. The molecule has 0 unspecified atom stereocenters. The maximum absolute atomic E-state index is 14.1. The molecule has 0 saturated carbocycles. The highest BCUT2D eigenvalue weighted by atomic mass is 16.2. The number of piperazine rings is 2. The van der Waals surface area contributed by atoms with Crippen LogP contribution in [0.2, 0.25) is 0 Å². The topological polar surface area (TPSA) is 116 Å². The van der Waals surface area contributed by atoms with Crippen LogP contribution in [-0.2, 0) is 55.0 Å². The maximum atomic E-state index is 14.1. The third kappa shape index (κ3) is 12.3. The number of amides is 2. The van der Waals surface area contributed by atoms with E-state index in [1.165, 1.54) is 27.8 Å². The van der Waals surface area contributed by atoms with E-state index in [1.807, 2.05) is 71.1 Å². The predicted octanol–water partition coefficient (Wildman–Crippen LogP) is 5.89. The van der Waals surface area contributed by atoms with E-state index in [2.05, 4.69) is 120 Å². The van der Waals surface area contributed by atoms with Crippen LogP contribution in [0.3, 0.4) is 0 Å². The SMILES string of the molecule is CCc1nccn1CCCN(Cc1ccccc1)C(=O)[C@H]1CNCCN1.O=C([C@H]1CN(C2c3ccccc3CCc3ccccc32)CCN1)N(CCCn1ccnc1)Cc1ccccc1. The van der Waals surface area contributed by atoms with Crippen molar-refractivity contribution in [3.8, 4) is 0 Å². The molecule has 2 aromatic heterocycles.